The number of nitrogens with zero attached hydrogens (tertiary/aromatic N) is 1. The molecule has 1 aliphatic carbocycles. The van der Waals surface area contributed by atoms with E-state index in [0.29, 0.717) is 0 Å². The Bertz CT molecular complexity index is 765. The average Bonchev–Trinajstić information content (AvgIpc) is 2.70. The number of hydrogen-bond donors (Lipinski definition) is 1. The molecule has 2 aromatic rings. The number of nitriles is 1. The monoisotopic (exact) mass is 275 g/mol. The van der Waals surface area contributed by atoms with Crippen LogP contribution in [0.25, 0.3) is 5.57 Å². The highest BCUT2D eigenvalue weighted by Gasteiger charge is 2.20. The summed E-state index contributed by atoms with van der Waals surface area (Å²) in [7, 11) is 0. The molecule has 0 unspecified atom stereocenters. The smallest absolute Gasteiger partial charge is 0.0950 e. The summed E-state index contributed by atoms with van der Waals surface area (Å²) in [5.41, 5.74) is 7.47. The standard InChI is InChI=1S/C19H17NO/c1-13(11-20)19-17-5-3-2-4-15(17)7-8-16-10-14(12-21)6-9-18(16)19/h2-6,9-10,21H,7-8,12H2,1H3/b19-13+. The van der Waals surface area contributed by atoms with Crippen LogP contribution in [0.5, 0.6) is 0 Å². The van der Waals surface area contributed by atoms with Crippen LogP contribution >= 0.6 is 0 Å². The molecule has 1 N–H and O–H groups in total. The SMILES string of the molecule is C/C(C#N)=C1/c2ccccc2CCc2cc(CO)ccc21. The Morgan fingerprint density at radius 3 is 2.57 bits per heavy atom. The van der Waals surface area contributed by atoms with E-state index in [0.717, 1.165) is 40.7 Å². The highest BCUT2D eigenvalue weighted by Crippen LogP contribution is 2.35. The predicted octanol–water partition coefficient (Wildman–Crippen LogP) is 3.62. The van der Waals surface area contributed by atoms with Gasteiger partial charge in [0.15, 0.2) is 0 Å². The summed E-state index contributed by atoms with van der Waals surface area (Å²) < 4.78 is 0. The number of fused-ring (bicyclic) bond motifs is 2. The number of benzene rings is 2. The third-order valence-electron chi connectivity index (χ3n) is 4.11. The Morgan fingerprint density at radius 2 is 1.81 bits per heavy atom. The van der Waals surface area contributed by atoms with Crippen molar-refractivity contribution in [3.63, 3.8) is 0 Å². The summed E-state index contributed by atoms with van der Waals surface area (Å²) in [6.45, 7) is 1.93. The molecular formula is C19H17NO. The fourth-order valence-corrected chi connectivity index (χ4v) is 3.05. The lowest BCUT2D eigenvalue weighted by Crippen LogP contribution is -1.96. The van der Waals surface area contributed by atoms with Gasteiger partial charge < -0.3 is 5.11 Å². The van der Waals surface area contributed by atoms with E-state index in [1.165, 1.54) is 11.1 Å². The van der Waals surface area contributed by atoms with Gasteiger partial charge in [0.1, 0.15) is 0 Å². The first-order valence-corrected chi connectivity index (χ1v) is 7.17. The molecule has 2 nitrogen and oxygen atoms in total. The first-order valence-electron chi connectivity index (χ1n) is 7.17. The van der Waals surface area contributed by atoms with Crippen molar-refractivity contribution in [2.24, 2.45) is 0 Å². The van der Waals surface area contributed by atoms with Gasteiger partial charge in [-0.25, -0.2) is 0 Å². The molecule has 0 spiro atoms. The maximum Gasteiger partial charge on any atom is 0.0950 e. The van der Waals surface area contributed by atoms with Crippen molar-refractivity contribution in [2.75, 3.05) is 0 Å². The summed E-state index contributed by atoms with van der Waals surface area (Å²) >= 11 is 0. The number of aryl methyl sites for hydroxylation is 2. The van der Waals surface area contributed by atoms with Gasteiger partial charge >= 0.3 is 0 Å². The minimum Gasteiger partial charge on any atom is -0.392 e. The lowest BCUT2D eigenvalue weighted by Gasteiger charge is -2.13. The highest BCUT2D eigenvalue weighted by atomic mass is 16.3. The predicted molar refractivity (Wildman–Crippen MR) is 83.5 cm³/mol. The van der Waals surface area contributed by atoms with Gasteiger partial charge in [0.25, 0.3) is 0 Å². The molecule has 0 saturated heterocycles. The van der Waals surface area contributed by atoms with E-state index in [1.807, 2.05) is 31.2 Å². The van der Waals surface area contributed by atoms with Crippen LogP contribution < -0.4 is 0 Å². The van der Waals surface area contributed by atoms with Gasteiger partial charge in [-0.1, -0.05) is 42.5 Å². The van der Waals surface area contributed by atoms with Gasteiger partial charge in [0.2, 0.25) is 0 Å². The normalized spacial score (nSPS) is 15.5. The molecule has 104 valence electrons. The Labute approximate surface area is 125 Å². The summed E-state index contributed by atoms with van der Waals surface area (Å²) in [6.07, 6.45) is 1.89. The van der Waals surface area contributed by atoms with Crippen molar-refractivity contribution in [1.29, 1.82) is 5.26 Å². The third kappa shape index (κ3) is 2.37. The maximum absolute atomic E-state index is 9.38. The molecule has 0 aromatic heterocycles. The van der Waals surface area contributed by atoms with Crippen LogP contribution in [0.1, 0.15) is 34.7 Å². The number of aliphatic hydroxyl groups is 1. The van der Waals surface area contributed by atoms with Crippen LogP contribution in [0.3, 0.4) is 0 Å². The Hall–Kier alpha value is -2.37. The van der Waals surface area contributed by atoms with Gasteiger partial charge in [-0.05, 0) is 47.6 Å². The van der Waals surface area contributed by atoms with Gasteiger partial charge in [-0.15, -0.1) is 0 Å². The fraction of sp³-hybridized carbons (Fsp3) is 0.211. The number of aliphatic hydroxyl groups excluding tert-OH is 1. The highest BCUT2D eigenvalue weighted by molar-refractivity contribution is 5.87. The lowest BCUT2D eigenvalue weighted by molar-refractivity contribution is 0.281. The molecule has 0 radical (unpaired) electrons. The van der Waals surface area contributed by atoms with E-state index in [4.69, 9.17) is 0 Å². The zero-order chi connectivity index (χ0) is 14.8. The molecule has 0 atom stereocenters. The lowest BCUT2D eigenvalue weighted by atomic mass is 9.90. The van der Waals surface area contributed by atoms with Crippen LogP contribution in [-0.2, 0) is 19.4 Å². The summed E-state index contributed by atoms with van der Waals surface area (Å²) in [5.74, 6) is 0. The van der Waals surface area contributed by atoms with Gasteiger partial charge in [0.05, 0.1) is 12.7 Å². The van der Waals surface area contributed by atoms with Crippen molar-refractivity contribution in [3.8, 4) is 6.07 Å². The summed E-state index contributed by atoms with van der Waals surface area (Å²) in [5, 5.41) is 18.7. The first kappa shape index (κ1) is 13.6. The number of hydrogen-bond acceptors (Lipinski definition) is 2. The van der Waals surface area contributed by atoms with Crippen molar-refractivity contribution < 1.29 is 5.11 Å². The molecule has 3 rings (SSSR count). The molecule has 0 saturated carbocycles. The zero-order valence-corrected chi connectivity index (χ0v) is 12.1. The van der Waals surface area contributed by atoms with Crippen molar-refractivity contribution in [2.45, 2.75) is 26.4 Å². The fourth-order valence-electron chi connectivity index (χ4n) is 3.05. The van der Waals surface area contributed by atoms with E-state index in [9.17, 15) is 10.4 Å². The molecule has 1 aliphatic rings. The molecule has 0 amide bonds. The Balaban J connectivity index is 2.30. The number of allylic oxidation sites excluding steroid dienone is 1. The van der Waals surface area contributed by atoms with Gasteiger partial charge in [-0.2, -0.15) is 5.26 Å². The second-order valence-corrected chi connectivity index (χ2v) is 5.42. The zero-order valence-electron chi connectivity index (χ0n) is 12.1. The average molecular weight is 275 g/mol. The first-order chi connectivity index (χ1) is 10.2. The summed E-state index contributed by atoms with van der Waals surface area (Å²) in [4.78, 5) is 0. The molecule has 0 heterocycles. The molecule has 21 heavy (non-hydrogen) atoms. The van der Waals surface area contributed by atoms with Crippen LogP contribution in [0, 0.1) is 11.3 Å². The number of rotatable bonds is 1. The topological polar surface area (TPSA) is 44.0 Å². The molecule has 0 bridgehead atoms. The van der Waals surface area contributed by atoms with Crippen molar-refractivity contribution >= 4 is 5.57 Å². The van der Waals surface area contributed by atoms with Crippen molar-refractivity contribution in [1.82, 2.24) is 0 Å². The minimum absolute atomic E-state index is 0.0521. The van der Waals surface area contributed by atoms with Crippen LogP contribution in [0.2, 0.25) is 0 Å². The summed E-state index contributed by atoms with van der Waals surface area (Å²) in [6, 6.07) is 16.7. The third-order valence-corrected chi connectivity index (χ3v) is 4.11. The Kier molecular flexibility index (Phi) is 3.60. The quantitative estimate of drug-likeness (QED) is 0.808. The van der Waals surface area contributed by atoms with Crippen molar-refractivity contribution in [3.05, 3.63) is 75.9 Å². The molecule has 2 heteroatoms. The van der Waals surface area contributed by atoms with Gasteiger partial charge in [0, 0.05) is 11.1 Å². The maximum atomic E-state index is 9.38. The largest absolute Gasteiger partial charge is 0.392 e. The van der Waals surface area contributed by atoms with Crippen LogP contribution in [-0.4, -0.2) is 5.11 Å². The second kappa shape index (κ2) is 5.55. The van der Waals surface area contributed by atoms with E-state index in [1.54, 1.807) is 0 Å². The van der Waals surface area contributed by atoms with Gasteiger partial charge in [-0.3, -0.25) is 0 Å². The van der Waals surface area contributed by atoms with Crippen LogP contribution in [0.15, 0.2) is 48.0 Å². The molecular weight excluding hydrogens is 258 g/mol. The Morgan fingerprint density at radius 1 is 1.10 bits per heavy atom. The molecule has 2 aromatic carbocycles. The van der Waals surface area contributed by atoms with E-state index < -0.39 is 0 Å². The second-order valence-electron chi connectivity index (χ2n) is 5.42. The molecule has 0 fully saturated rings. The van der Waals surface area contributed by atoms with E-state index >= 15 is 0 Å². The van der Waals surface area contributed by atoms with Crippen LogP contribution in [0.4, 0.5) is 0 Å². The van der Waals surface area contributed by atoms with E-state index in [2.05, 4.69) is 24.3 Å². The van der Waals surface area contributed by atoms with E-state index in [-0.39, 0.29) is 6.61 Å². The minimum atomic E-state index is 0.0521. The molecule has 0 aliphatic heterocycles.